The third-order valence-electron chi connectivity index (χ3n) is 8.29. The van der Waals surface area contributed by atoms with Gasteiger partial charge in [-0.05, 0) is 6.42 Å². The fourth-order valence-corrected chi connectivity index (χ4v) is 5.70. The number of hydrogen-bond acceptors (Lipinski definition) is 19. The van der Waals surface area contributed by atoms with Crippen LogP contribution in [0.1, 0.15) is 6.42 Å². The van der Waals surface area contributed by atoms with Gasteiger partial charge in [0.05, 0.1) is 18.8 Å². The van der Waals surface area contributed by atoms with Crippen molar-refractivity contribution in [2.75, 3.05) is 19.7 Å². The van der Waals surface area contributed by atoms with Crippen LogP contribution in [0, 0.1) is 0 Å². The highest BCUT2D eigenvalue weighted by molar-refractivity contribution is 5.02. The van der Waals surface area contributed by atoms with Crippen molar-refractivity contribution >= 4 is 0 Å². The van der Waals surface area contributed by atoms with Gasteiger partial charge in [-0.2, -0.15) is 0 Å². The lowest BCUT2D eigenvalue weighted by molar-refractivity contribution is -0.314. The number of rotatable bonds is 9. The molecule has 0 aromatic heterocycles. The van der Waals surface area contributed by atoms with E-state index in [1.54, 1.807) is 0 Å². The highest BCUT2D eigenvalue weighted by Crippen LogP contribution is 2.34. The Bertz CT molecular complexity index is 866. The van der Waals surface area contributed by atoms with Crippen molar-refractivity contribution in [3.05, 3.63) is 0 Å². The number of aliphatic hydroxyl groups excluding tert-OH is 8. The van der Waals surface area contributed by atoms with E-state index in [2.05, 4.69) is 0 Å². The summed E-state index contributed by atoms with van der Waals surface area (Å²) in [7, 11) is 0. The first-order chi connectivity index (χ1) is 19.8. The van der Waals surface area contributed by atoms with Crippen molar-refractivity contribution in [1.82, 2.24) is 0 Å². The monoisotopic (exact) mass is 615 g/mol. The Morgan fingerprint density at radius 1 is 0.524 bits per heavy atom. The predicted octanol–water partition coefficient (Wildman–Crippen LogP) is -8.86. The molecule has 0 amide bonds. The zero-order valence-corrected chi connectivity index (χ0v) is 22.7. The van der Waals surface area contributed by atoms with E-state index < -0.39 is 123 Å². The van der Waals surface area contributed by atoms with Crippen molar-refractivity contribution in [3.8, 4) is 0 Å². The maximum atomic E-state index is 11.1. The minimum Gasteiger partial charge on any atom is -0.394 e. The van der Waals surface area contributed by atoms with Gasteiger partial charge in [0.1, 0.15) is 73.2 Å². The lowest BCUT2D eigenvalue weighted by atomic mass is 9.84. The van der Waals surface area contributed by atoms with E-state index in [9.17, 15) is 40.9 Å². The van der Waals surface area contributed by atoms with Gasteiger partial charge in [-0.15, -0.1) is 0 Å². The second kappa shape index (κ2) is 14.1. The van der Waals surface area contributed by atoms with Gasteiger partial charge in [0.2, 0.25) is 0 Å². The summed E-state index contributed by atoms with van der Waals surface area (Å²) in [5, 5.41) is 83.0. The second-order valence-corrected chi connectivity index (χ2v) is 11.2. The molecule has 0 bridgehead atoms. The van der Waals surface area contributed by atoms with E-state index in [4.69, 9.17) is 57.1 Å². The fraction of sp³-hybridized carbons (Fsp3) is 1.00. The number of nitrogens with two attached hydrogens (primary N) is 5. The van der Waals surface area contributed by atoms with Gasteiger partial charge >= 0.3 is 0 Å². The van der Waals surface area contributed by atoms with Crippen molar-refractivity contribution < 1.29 is 69.3 Å². The highest BCUT2D eigenvalue weighted by atomic mass is 16.8. The minimum absolute atomic E-state index is 0.0750. The van der Waals surface area contributed by atoms with Crippen LogP contribution in [0.3, 0.4) is 0 Å². The molecule has 0 aromatic rings. The van der Waals surface area contributed by atoms with Gasteiger partial charge in [-0.25, -0.2) is 0 Å². The zero-order valence-electron chi connectivity index (χ0n) is 22.7. The first-order valence-electron chi connectivity index (χ1n) is 13.8. The van der Waals surface area contributed by atoms with Crippen LogP contribution in [0.15, 0.2) is 0 Å². The lowest BCUT2D eigenvalue weighted by Crippen LogP contribution is -2.68. The zero-order chi connectivity index (χ0) is 31.0. The Kier molecular flexibility index (Phi) is 11.5. The smallest absolute Gasteiger partial charge is 0.187 e. The molecule has 0 aromatic carbocycles. The molecule has 1 saturated carbocycles. The van der Waals surface area contributed by atoms with Crippen LogP contribution in [-0.2, 0) is 28.4 Å². The SMILES string of the molecule is NC[C@@H]1O[C@H](O[C@H]2[C@@H](O)[C@H](O[C@@H]3[C@@H](O)[C@H](N)C[C@H](N)[C@H]3O[C@H]3O[C@H](CN)[C@@H](O)[C@H](O)[C@H]3N)O[C@@H]2CO)[C@H](O)[C@@H](O)[C@@H]1O. The molecule has 4 rings (SSSR count). The standard InChI is InChI=1S/C23H45N5O14/c24-2-7-12(31)14(33)10(28)21(37-7)40-18-6(27)1-5(26)11(30)20(18)42-23-17(36)19(9(4-29)39-23)41-22-16(35)15(34)13(32)8(3-25)38-22/h5-23,29-36H,1-4,24-28H2/t5-,6+,7-,8+,9-,10-,11+,12-,13-,14-,15+,16-,17-,18-,19-,20-,21-,22-,23+/m1/s1. The molecule has 19 nitrogen and oxygen atoms in total. The quantitative estimate of drug-likeness (QED) is 0.114. The molecule has 18 N–H and O–H groups in total. The number of hydrogen-bond donors (Lipinski definition) is 13. The van der Waals surface area contributed by atoms with Crippen LogP contribution >= 0.6 is 0 Å². The summed E-state index contributed by atoms with van der Waals surface area (Å²) in [6, 6.07) is -2.99. The van der Waals surface area contributed by atoms with E-state index >= 15 is 0 Å². The van der Waals surface area contributed by atoms with Crippen LogP contribution < -0.4 is 28.7 Å². The summed E-state index contributed by atoms with van der Waals surface area (Å²) in [4.78, 5) is 0. The molecule has 3 aliphatic heterocycles. The lowest BCUT2D eigenvalue weighted by Gasteiger charge is -2.47. The molecular formula is C23H45N5O14. The van der Waals surface area contributed by atoms with Gasteiger partial charge < -0.3 is 97.9 Å². The number of aliphatic hydroxyl groups is 8. The topological polar surface area (TPSA) is 347 Å². The molecule has 1 aliphatic carbocycles. The molecule has 4 aliphatic rings. The minimum atomic E-state index is -1.74. The predicted molar refractivity (Wildman–Crippen MR) is 136 cm³/mol. The van der Waals surface area contributed by atoms with Gasteiger partial charge in [-0.1, -0.05) is 0 Å². The summed E-state index contributed by atoms with van der Waals surface area (Å²) in [6.07, 6.45) is -22.5. The number of ether oxygens (including phenoxy) is 6. The van der Waals surface area contributed by atoms with Crippen LogP contribution in [0.5, 0.6) is 0 Å². The van der Waals surface area contributed by atoms with Gasteiger partial charge in [0, 0.05) is 25.2 Å². The molecule has 0 unspecified atom stereocenters. The normalized spacial score (nSPS) is 53.8. The molecule has 42 heavy (non-hydrogen) atoms. The third kappa shape index (κ3) is 6.60. The Morgan fingerprint density at radius 2 is 1.02 bits per heavy atom. The van der Waals surface area contributed by atoms with E-state index in [1.165, 1.54) is 0 Å². The van der Waals surface area contributed by atoms with Crippen LogP contribution in [-0.4, -0.2) is 177 Å². The Balaban J connectivity index is 1.50. The fourth-order valence-electron chi connectivity index (χ4n) is 5.70. The summed E-state index contributed by atoms with van der Waals surface area (Å²) < 4.78 is 34.3. The van der Waals surface area contributed by atoms with Crippen molar-refractivity contribution in [2.45, 2.75) is 123 Å². The molecule has 246 valence electrons. The maximum absolute atomic E-state index is 11.1. The Hall–Kier alpha value is -0.760. The molecule has 3 saturated heterocycles. The average Bonchev–Trinajstić information content (AvgIpc) is 3.27. The van der Waals surface area contributed by atoms with E-state index in [0.717, 1.165) is 0 Å². The van der Waals surface area contributed by atoms with Gasteiger partial charge in [0.15, 0.2) is 18.9 Å². The van der Waals surface area contributed by atoms with Gasteiger partial charge in [0.25, 0.3) is 0 Å². The third-order valence-corrected chi connectivity index (χ3v) is 8.29. The van der Waals surface area contributed by atoms with Gasteiger partial charge in [-0.3, -0.25) is 0 Å². The summed E-state index contributed by atoms with van der Waals surface area (Å²) in [6.45, 7) is -1.07. The van der Waals surface area contributed by atoms with Crippen molar-refractivity contribution in [2.24, 2.45) is 28.7 Å². The Labute approximate surface area is 240 Å². The van der Waals surface area contributed by atoms with Crippen molar-refractivity contribution in [3.63, 3.8) is 0 Å². The molecule has 0 spiro atoms. The molecular weight excluding hydrogens is 570 g/mol. The first-order valence-corrected chi connectivity index (χ1v) is 13.8. The summed E-state index contributed by atoms with van der Waals surface area (Å²) in [5.74, 6) is 0. The molecule has 19 heteroatoms. The van der Waals surface area contributed by atoms with E-state index in [-0.39, 0.29) is 19.5 Å². The van der Waals surface area contributed by atoms with Crippen LogP contribution in [0.25, 0.3) is 0 Å². The van der Waals surface area contributed by atoms with E-state index in [1.807, 2.05) is 0 Å². The first kappa shape index (κ1) is 34.1. The molecule has 3 heterocycles. The van der Waals surface area contributed by atoms with Crippen LogP contribution in [0.4, 0.5) is 0 Å². The van der Waals surface area contributed by atoms with E-state index in [0.29, 0.717) is 0 Å². The summed E-state index contributed by atoms with van der Waals surface area (Å²) >= 11 is 0. The molecule has 0 radical (unpaired) electrons. The molecule has 4 fully saturated rings. The Morgan fingerprint density at radius 3 is 1.62 bits per heavy atom. The van der Waals surface area contributed by atoms with Crippen molar-refractivity contribution in [1.29, 1.82) is 0 Å². The second-order valence-electron chi connectivity index (χ2n) is 11.2. The largest absolute Gasteiger partial charge is 0.394 e. The van der Waals surface area contributed by atoms with Crippen LogP contribution in [0.2, 0.25) is 0 Å². The maximum Gasteiger partial charge on any atom is 0.187 e. The summed E-state index contributed by atoms with van der Waals surface area (Å²) in [5.41, 5.74) is 29.6. The highest BCUT2D eigenvalue weighted by Gasteiger charge is 2.54. The molecule has 19 atom stereocenters. The average molecular weight is 616 g/mol.